The SMILES string of the molecule is COc1ccccc1N(C)CCc1ccc(N)cc1. The summed E-state index contributed by atoms with van der Waals surface area (Å²) < 4.78 is 5.38. The van der Waals surface area contributed by atoms with Gasteiger partial charge in [0.25, 0.3) is 0 Å². The van der Waals surface area contributed by atoms with Crippen LogP contribution in [0.5, 0.6) is 5.75 Å². The Hall–Kier alpha value is -2.16. The summed E-state index contributed by atoms with van der Waals surface area (Å²) in [6.07, 6.45) is 0.981. The minimum Gasteiger partial charge on any atom is -0.495 e. The zero-order valence-corrected chi connectivity index (χ0v) is 11.5. The molecule has 2 aromatic rings. The van der Waals surface area contributed by atoms with Crippen molar-refractivity contribution in [3.63, 3.8) is 0 Å². The summed E-state index contributed by atoms with van der Waals surface area (Å²) in [5, 5.41) is 0. The molecule has 0 aliphatic heterocycles. The molecular formula is C16H20N2O. The molecule has 0 spiro atoms. The molecule has 3 heteroatoms. The van der Waals surface area contributed by atoms with E-state index in [4.69, 9.17) is 10.5 Å². The van der Waals surface area contributed by atoms with Gasteiger partial charge in [-0.2, -0.15) is 0 Å². The predicted octanol–water partition coefficient (Wildman–Crippen LogP) is 2.96. The molecule has 0 radical (unpaired) electrons. The molecule has 3 nitrogen and oxygen atoms in total. The summed E-state index contributed by atoms with van der Waals surface area (Å²) in [6.45, 7) is 0.935. The number of rotatable bonds is 5. The van der Waals surface area contributed by atoms with E-state index in [1.165, 1.54) is 5.56 Å². The number of methoxy groups -OCH3 is 1. The van der Waals surface area contributed by atoms with Crippen LogP contribution in [-0.4, -0.2) is 20.7 Å². The van der Waals surface area contributed by atoms with Gasteiger partial charge in [0, 0.05) is 19.3 Å². The van der Waals surface area contributed by atoms with Crippen LogP contribution >= 0.6 is 0 Å². The molecule has 0 atom stereocenters. The molecule has 0 fully saturated rings. The Morgan fingerprint density at radius 3 is 2.42 bits per heavy atom. The number of para-hydroxylation sites is 2. The second kappa shape index (κ2) is 6.14. The van der Waals surface area contributed by atoms with Crippen molar-refractivity contribution >= 4 is 11.4 Å². The van der Waals surface area contributed by atoms with Gasteiger partial charge in [0.2, 0.25) is 0 Å². The predicted molar refractivity (Wildman–Crippen MR) is 80.8 cm³/mol. The van der Waals surface area contributed by atoms with Crippen molar-refractivity contribution in [2.24, 2.45) is 0 Å². The average Bonchev–Trinajstić information content (AvgIpc) is 2.46. The molecular weight excluding hydrogens is 236 g/mol. The van der Waals surface area contributed by atoms with E-state index in [0.717, 1.165) is 30.1 Å². The number of nitrogens with two attached hydrogens (primary N) is 1. The first-order valence-corrected chi connectivity index (χ1v) is 6.39. The largest absolute Gasteiger partial charge is 0.495 e. The van der Waals surface area contributed by atoms with Gasteiger partial charge in [0.1, 0.15) is 5.75 Å². The van der Waals surface area contributed by atoms with E-state index in [1.54, 1.807) is 7.11 Å². The van der Waals surface area contributed by atoms with Crippen LogP contribution in [0.1, 0.15) is 5.56 Å². The summed E-state index contributed by atoms with van der Waals surface area (Å²) >= 11 is 0. The molecule has 0 aliphatic carbocycles. The summed E-state index contributed by atoms with van der Waals surface area (Å²) in [5.41, 5.74) is 8.89. The van der Waals surface area contributed by atoms with Gasteiger partial charge in [-0.25, -0.2) is 0 Å². The lowest BCUT2D eigenvalue weighted by Gasteiger charge is -2.21. The lowest BCUT2D eigenvalue weighted by molar-refractivity contribution is 0.415. The second-order valence-corrected chi connectivity index (χ2v) is 4.58. The minimum absolute atomic E-state index is 0.807. The van der Waals surface area contributed by atoms with E-state index in [1.807, 2.05) is 30.3 Å². The third-order valence-corrected chi connectivity index (χ3v) is 3.21. The number of ether oxygens (including phenoxy) is 1. The number of likely N-dealkylation sites (N-methyl/N-ethyl adjacent to an activating group) is 1. The first kappa shape index (κ1) is 13.3. The maximum Gasteiger partial charge on any atom is 0.142 e. The number of nitrogens with zero attached hydrogens (tertiary/aromatic N) is 1. The van der Waals surface area contributed by atoms with Gasteiger partial charge in [-0.05, 0) is 36.2 Å². The van der Waals surface area contributed by atoms with Gasteiger partial charge in [-0.15, -0.1) is 0 Å². The molecule has 2 aromatic carbocycles. The topological polar surface area (TPSA) is 38.5 Å². The van der Waals surface area contributed by atoms with Crippen LogP contribution < -0.4 is 15.4 Å². The third kappa shape index (κ3) is 3.41. The van der Waals surface area contributed by atoms with Crippen molar-refractivity contribution in [1.82, 2.24) is 0 Å². The summed E-state index contributed by atoms with van der Waals surface area (Å²) in [7, 11) is 3.78. The normalized spacial score (nSPS) is 10.2. The van der Waals surface area contributed by atoms with Crippen molar-refractivity contribution in [2.45, 2.75) is 6.42 Å². The maximum atomic E-state index is 5.68. The van der Waals surface area contributed by atoms with Gasteiger partial charge in [0.05, 0.1) is 12.8 Å². The van der Waals surface area contributed by atoms with Gasteiger partial charge in [0.15, 0.2) is 0 Å². The fraction of sp³-hybridized carbons (Fsp3) is 0.250. The van der Waals surface area contributed by atoms with Crippen molar-refractivity contribution < 1.29 is 4.74 Å². The zero-order valence-electron chi connectivity index (χ0n) is 11.5. The molecule has 2 N–H and O–H groups in total. The highest BCUT2D eigenvalue weighted by Gasteiger charge is 2.06. The monoisotopic (exact) mass is 256 g/mol. The lowest BCUT2D eigenvalue weighted by Crippen LogP contribution is -2.20. The van der Waals surface area contributed by atoms with E-state index in [0.29, 0.717) is 0 Å². The Morgan fingerprint density at radius 1 is 1.05 bits per heavy atom. The number of benzene rings is 2. The van der Waals surface area contributed by atoms with Crippen LogP contribution in [0.3, 0.4) is 0 Å². The molecule has 0 heterocycles. The highest BCUT2D eigenvalue weighted by atomic mass is 16.5. The molecule has 100 valence electrons. The lowest BCUT2D eigenvalue weighted by atomic mass is 10.1. The van der Waals surface area contributed by atoms with E-state index in [9.17, 15) is 0 Å². The molecule has 0 aliphatic rings. The molecule has 0 saturated heterocycles. The van der Waals surface area contributed by atoms with E-state index in [-0.39, 0.29) is 0 Å². The van der Waals surface area contributed by atoms with Crippen molar-refractivity contribution in [3.05, 3.63) is 54.1 Å². The number of anilines is 2. The van der Waals surface area contributed by atoms with Gasteiger partial charge in [-0.1, -0.05) is 24.3 Å². The molecule has 0 bridgehead atoms. The van der Waals surface area contributed by atoms with Crippen LogP contribution in [0.2, 0.25) is 0 Å². The minimum atomic E-state index is 0.807. The Bertz CT molecular complexity index is 523. The van der Waals surface area contributed by atoms with E-state index >= 15 is 0 Å². The Morgan fingerprint density at radius 2 is 1.74 bits per heavy atom. The second-order valence-electron chi connectivity index (χ2n) is 4.58. The highest BCUT2D eigenvalue weighted by molar-refractivity contribution is 5.57. The van der Waals surface area contributed by atoms with Gasteiger partial charge >= 0.3 is 0 Å². The molecule has 0 aromatic heterocycles. The quantitative estimate of drug-likeness (QED) is 0.836. The molecule has 19 heavy (non-hydrogen) atoms. The standard InChI is InChI=1S/C16H20N2O/c1-18(15-5-3-4-6-16(15)19-2)12-11-13-7-9-14(17)10-8-13/h3-10H,11-12,17H2,1-2H3. The number of hydrogen-bond acceptors (Lipinski definition) is 3. The maximum absolute atomic E-state index is 5.68. The summed E-state index contributed by atoms with van der Waals surface area (Å²) in [5.74, 6) is 0.905. The van der Waals surface area contributed by atoms with Crippen LogP contribution in [0.4, 0.5) is 11.4 Å². The third-order valence-electron chi connectivity index (χ3n) is 3.21. The average molecular weight is 256 g/mol. The smallest absolute Gasteiger partial charge is 0.142 e. The zero-order chi connectivity index (χ0) is 13.7. The fourth-order valence-electron chi connectivity index (χ4n) is 2.05. The van der Waals surface area contributed by atoms with Crippen LogP contribution in [0.25, 0.3) is 0 Å². The molecule has 0 saturated carbocycles. The molecule has 0 unspecified atom stereocenters. The molecule has 2 rings (SSSR count). The fourth-order valence-corrected chi connectivity index (χ4v) is 2.05. The summed E-state index contributed by atoms with van der Waals surface area (Å²) in [4.78, 5) is 2.20. The van der Waals surface area contributed by atoms with Gasteiger partial charge in [-0.3, -0.25) is 0 Å². The van der Waals surface area contributed by atoms with Crippen molar-refractivity contribution in [3.8, 4) is 5.75 Å². The Balaban J connectivity index is 2.01. The van der Waals surface area contributed by atoms with Crippen LogP contribution in [-0.2, 0) is 6.42 Å². The first-order valence-electron chi connectivity index (χ1n) is 6.39. The Labute approximate surface area is 114 Å². The van der Waals surface area contributed by atoms with Crippen molar-refractivity contribution in [1.29, 1.82) is 0 Å². The van der Waals surface area contributed by atoms with Crippen LogP contribution in [0.15, 0.2) is 48.5 Å². The van der Waals surface area contributed by atoms with E-state index < -0.39 is 0 Å². The van der Waals surface area contributed by atoms with Gasteiger partial charge < -0.3 is 15.4 Å². The summed E-state index contributed by atoms with van der Waals surface area (Å²) in [6, 6.07) is 16.1. The number of nitrogen functional groups attached to an aromatic ring is 1. The van der Waals surface area contributed by atoms with Crippen LogP contribution in [0, 0.1) is 0 Å². The molecule has 0 amide bonds. The number of hydrogen-bond donors (Lipinski definition) is 1. The Kier molecular flexibility index (Phi) is 4.29. The highest BCUT2D eigenvalue weighted by Crippen LogP contribution is 2.26. The first-order chi connectivity index (χ1) is 9.20. The van der Waals surface area contributed by atoms with E-state index in [2.05, 4.69) is 30.1 Å². The van der Waals surface area contributed by atoms with Crippen molar-refractivity contribution in [2.75, 3.05) is 31.3 Å².